The molecule has 2 atom stereocenters. The van der Waals surface area contributed by atoms with E-state index in [9.17, 15) is 31.2 Å². The Morgan fingerprint density at radius 3 is 2.22 bits per heavy atom. The zero-order valence-corrected chi connectivity index (χ0v) is 23.8. The first-order valence-electron chi connectivity index (χ1n) is 11.2. The third kappa shape index (κ3) is 8.61. The van der Waals surface area contributed by atoms with E-state index in [-0.39, 0.29) is 18.3 Å². The molecule has 0 unspecified atom stereocenters. The van der Waals surface area contributed by atoms with E-state index in [2.05, 4.69) is 21.2 Å². The average molecular weight is 627 g/mol. The number of anilines is 1. The molecule has 0 saturated heterocycles. The molecular weight excluding hydrogens is 599 g/mol. The predicted octanol–water partition coefficient (Wildman–Crippen LogP) is 5.22. The van der Waals surface area contributed by atoms with Crippen LogP contribution < -0.4 is 9.62 Å². The zero-order valence-electron chi connectivity index (χ0n) is 20.6. The van der Waals surface area contributed by atoms with E-state index in [0.29, 0.717) is 22.4 Å². The summed E-state index contributed by atoms with van der Waals surface area (Å²) >= 11 is 9.00. The highest BCUT2D eigenvalue weighted by atomic mass is 79.9. The first-order valence-corrected chi connectivity index (χ1v) is 14.2. The van der Waals surface area contributed by atoms with Crippen molar-refractivity contribution in [3.63, 3.8) is 0 Å². The van der Waals surface area contributed by atoms with Crippen LogP contribution in [0.15, 0.2) is 46.9 Å². The van der Waals surface area contributed by atoms with E-state index in [4.69, 9.17) is 11.6 Å². The topological polar surface area (TPSA) is 86.8 Å². The van der Waals surface area contributed by atoms with Gasteiger partial charge in [-0.25, -0.2) is 8.42 Å². The fraction of sp³-hybridized carbons (Fsp3) is 0.417. The Kier molecular flexibility index (Phi) is 10.4. The van der Waals surface area contributed by atoms with Gasteiger partial charge < -0.3 is 10.2 Å². The van der Waals surface area contributed by atoms with Gasteiger partial charge in [-0.05, 0) is 56.2 Å². The molecule has 2 aromatic rings. The van der Waals surface area contributed by atoms with Crippen molar-refractivity contribution in [1.82, 2.24) is 10.2 Å². The largest absolute Gasteiger partial charge is 0.417 e. The van der Waals surface area contributed by atoms with E-state index < -0.39 is 51.2 Å². The summed E-state index contributed by atoms with van der Waals surface area (Å²) in [6.45, 7) is 4.33. The normalized spacial score (nSPS) is 13.5. The van der Waals surface area contributed by atoms with Crippen molar-refractivity contribution in [3.8, 4) is 0 Å². The van der Waals surface area contributed by atoms with Gasteiger partial charge in [0.25, 0.3) is 0 Å². The number of hydrogen-bond donors (Lipinski definition) is 1. The molecule has 0 aliphatic rings. The number of benzene rings is 2. The molecule has 0 radical (unpaired) electrons. The first kappa shape index (κ1) is 30.9. The highest BCUT2D eigenvalue weighted by Gasteiger charge is 2.35. The van der Waals surface area contributed by atoms with Crippen molar-refractivity contribution < 1.29 is 31.2 Å². The Hall–Kier alpha value is -2.31. The van der Waals surface area contributed by atoms with Gasteiger partial charge in [0.1, 0.15) is 12.6 Å². The Morgan fingerprint density at radius 1 is 1.11 bits per heavy atom. The summed E-state index contributed by atoms with van der Waals surface area (Å²) in [5.74, 6) is -1.22. The fourth-order valence-electron chi connectivity index (χ4n) is 3.33. The lowest BCUT2D eigenvalue weighted by atomic mass is 10.1. The molecule has 2 amide bonds. The second kappa shape index (κ2) is 12.5. The van der Waals surface area contributed by atoms with E-state index in [0.717, 1.165) is 22.9 Å². The maximum absolute atomic E-state index is 13.5. The van der Waals surface area contributed by atoms with E-state index in [1.807, 2.05) is 6.92 Å². The van der Waals surface area contributed by atoms with Crippen molar-refractivity contribution in [2.75, 3.05) is 17.1 Å². The molecule has 0 aliphatic carbocycles. The summed E-state index contributed by atoms with van der Waals surface area (Å²) in [5.41, 5.74) is -0.954. The molecule has 0 aromatic heterocycles. The second-order valence-corrected chi connectivity index (χ2v) is 11.8. The first-order chi connectivity index (χ1) is 17.0. The van der Waals surface area contributed by atoms with Gasteiger partial charge in [-0.1, -0.05) is 46.6 Å². The van der Waals surface area contributed by atoms with E-state index >= 15 is 0 Å². The van der Waals surface area contributed by atoms with Crippen LogP contribution in [0.25, 0.3) is 0 Å². The number of amides is 2. The van der Waals surface area contributed by atoms with Gasteiger partial charge >= 0.3 is 6.18 Å². The van der Waals surface area contributed by atoms with Gasteiger partial charge in [-0.15, -0.1) is 0 Å². The minimum atomic E-state index is -4.84. The molecule has 2 rings (SSSR count). The Morgan fingerprint density at radius 2 is 1.70 bits per heavy atom. The van der Waals surface area contributed by atoms with Crippen molar-refractivity contribution in [1.29, 1.82) is 0 Å². The number of carbonyl (C=O) groups is 2. The molecular formula is C24H28BrClF3N3O4S. The number of hydrogen-bond acceptors (Lipinski definition) is 4. The molecule has 204 valence electrons. The highest BCUT2D eigenvalue weighted by molar-refractivity contribution is 9.10. The van der Waals surface area contributed by atoms with Crippen LogP contribution in [0, 0.1) is 0 Å². The number of rotatable bonds is 10. The minimum Gasteiger partial charge on any atom is -0.352 e. The lowest BCUT2D eigenvalue weighted by Crippen LogP contribution is -2.52. The molecule has 0 fully saturated rings. The van der Waals surface area contributed by atoms with Crippen LogP contribution in [0.2, 0.25) is 5.02 Å². The molecule has 37 heavy (non-hydrogen) atoms. The Bertz CT molecular complexity index is 1230. The second-order valence-electron chi connectivity index (χ2n) is 8.57. The Balaban J connectivity index is 2.47. The maximum atomic E-state index is 13.5. The number of alkyl halides is 3. The van der Waals surface area contributed by atoms with Crippen LogP contribution in [0.1, 0.15) is 38.3 Å². The van der Waals surface area contributed by atoms with Gasteiger partial charge in [0.2, 0.25) is 21.8 Å². The van der Waals surface area contributed by atoms with Crippen molar-refractivity contribution in [2.24, 2.45) is 0 Å². The number of halogens is 5. The summed E-state index contributed by atoms with van der Waals surface area (Å²) < 4.78 is 66.7. The zero-order chi connectivity index (χ0) is 28.1. The summed E-state index contributed by atoms with van der Waals surface area (Å²) in [7, 11) is -4.20. The maximum Gasteiger partial charge on any atom is 0.417 e. The van der Waals surface area contributed by atoms with Gasteiger partial charge in [-0.2, -0.15) is 13.2 Å². The molecule has 0 heterocycles. The Labute approximate surface area is 228 Å². The van der Waals surface area contributed by atoms with Gasteiger partial charge in [0, 0.05) is 17.1 Å². The summed E-state index contributed by atoms with van der Waals surface area (Å²) in [6.07, 6.45) is -3.41. The van der Waals surface area contributed by atoms with Crippen molar-refractivity contribution >= 4 is 55.1 Å². The number of nitrogens with one attached hydrogen (secondary N) is 1. The number of sulfonamides is 1. The van der Waals surface area contributed by atoms with Gasteiger partial charge in [0.15, 0.2) is 0 Å². The number of carbonyl (C=O) groups excluding carboxylic acids is 2. The van der Waals surface area contributed by atoms with E-state index in [1.54, 1.807) is 31.2 Å². The van der Waals surface area contributed by atoms with Crippen LogP contribution in [-0.4, -0.2) is 50.0 Å². The average Bonchev–Trinajstić information content (AvgIpc) is 2.80. The van der Waals surface area contributed by atoms with Crippen LogP contribution in [-0.2, 0) is 32.3 Å². The molecule has 1 N–H and O–H groups in total. The van der Waals surface area contributed by atoms with Gasteiger partial charge in [0.05, 0.1) is 22.5 Å². The van der Waals surface area contributed by atoms with Crippen LogP contribution in [0.4, 0.5) is 18.9 Å². The standard InChI is InChI=1S/C24H28BrClF3N3O4S/c1-5-15(2)30-23(34)16(3)31(13-17-6-8-18(25)9-7-17)22(33)14-32(37(4,35)36)19-10-11-21(26)20(12-19)24(27,28)29/h6-12,15-16H,5,13-14H2,1-4H3,(H,30,34)/t15-,16+/m1/s1. The van der Waals surface area contributed by atoms with Crippen LogP contribution in [0.3, 0.4) is 0 Å². The summed E-state index contributed by atoms with van der Waals surface area (Å²) in [6, 6.07) is 8.38. The third-order valence-corrected chi connectivity index (χ3v) is 7.66. The summed E-state index contributed by atoms with van der Waals surface area (Å²) in [5, 5.41) is 2.19. The molecule has 0 spiro atoms. The van der Waals surface area contributed by atoms with Crippen molar-refractivity contribution in [3.05, 3.63) is 63.1 Å². The fourth-order valence-corrected chi connectivity index (χ4v) is 4.66. The highest BCUT2D eigenvalue weighted by Crippen LogP contribution is 2.37. The van der Waals surface area contributed by atoms with E-state index in [1.165, 1.54) is 11.8 Å². The smallest absolute Gasteiger partial charge is 0.352 e. The summed E-state index contributed by atoms with van der Waals surface area (Å²) in [4.78, 5) is 27.5. The molecule has 0 aliphatic heterocycles. The molecule has 7 nitrogen and oxygen atoms in total. The lowest BCUT2D eigenvalue weighted by molar-refractivity contribution is -0.139. The quantitative estimate of drug-likeness (QED) is 0.392. The van der Waals surface area contributed by atoms with Gasteiger partial charge in [-0.3, -0.25) is 13.9 Å². The molecule has 13 heteroatoms. The third-order valence-electron chi connectivity index (χ3n) is 5.66. The monoisotopic (exact) mass is 625 g/mol. The number of nitrogens with zero attached hydrogens (tertiary/aromatic N) is 2. The van der Waals surface area contributed by atoms with Crippen molar-refractivity contribution in [2.45, 2.75) is 52.0 Å². The predicted molar refractivity (Wildman–Crippen MR) is 141 cm³/mol. The lowest BCUT2D eigenvalue weighted by Gasteiger charge is -2.32. The SMILES string of the molecule is CC[C@@H](C)NC(=O)[C@H](C)N(Cc1ccc(Br)cc1)C(=O)CN(c1ccc(Cl)c(C(F)(F)F)c1)S(C)(=O)=O. The molecule has 2 aromatic carbocycles. The van der Waals surface area contributed by atoms with Crippen LogP contribution in [0.5, 0.6) is 0 Å². The minimum absolute atomic E-state index is 0.0345. The van der Waals surface area contributed by atoms with Crippen LogP contribution >= 0.6 is 27.5 Å². The molecule has 0 saturated carbocycles. The molecule has 0 bridgehead atoms.